The molecule has 0 heterocycles. The van der Waals surface area contributed by atoms with E-state index in [-0.39, 0.29) is 5.75 Å². The van der Waals surface area contributed by atoms with Crippen molar-refractivity contribution in [2.24, 2.45) is 5.73 Å². The Bertz CT molecular complexity index is 584. The smallest absolute Gasteiger partial charge is 0.316 e. The third-order valence-electron chi connectivity index (χ3n) is 2.60. The zero-order valence-corrected chi connectivity index (χ0v) is 10.3. The Balaban J connectivity index is 2.03. The first kappa shape index (κ1) is 12.8. The number of anilines is 2. The molecule has 0 aromatic heterocycles. The minimum absolute atomic E-state index is 0.251. The van der Waals surface area contributed by atoms with Crippen molar-refractivity contribution in [2.45, 2.75) is 6.54 Å². The van der Waals surface area contributed by atoms with Crippen LogP contribution in [0.15, 0.2) is 48.5 Å². The standard InChI is InChI=1S/C14H15N3O2/c15-14(19)17-12-6-3-5-11(8-12)16-9-10-4-1-2-7-13(10)18/h1-8,16,18H,9H2,(H3,15,17,19). The third-order valence-corrected chi connectivity index (χ3v) is 2.60. The van der Waals surface area contributed by atoms with Gasteiger partial charge in [-0.1, -0.05) is 24.3 Å². The predicted octanol–water partition coefficient (Wildman–Crippen LogP) is 2.49. The first-order valence-corrected chi connectivity index (χ1v) is 5.82. The number of phenols is 1. The number of para-hydroxylation sites is 1. The van der Waals surface area contributed by atoms with Gasteiger partial charge in [0.05, 0.1) is 0 Å². The number of phenolic OH excluding ortho intramolecular Hbond substituents is 1. The maximum absolute atomic E-state index is 10.8. The Labute approximate surface area is 111 Å². The molecule has 5 N–H and O–H groups in total. The summed E-state index contributed by atoms with van der Waals surface area (Å²) in [7, 11) is 0. The van der Waals surface area contributed by atoms with E-state index in [9.17, 15) is 9.90 Å². The summed E-state index contributed by atoms with van der Waals surface area (Å²) in [6.07, 6.45) is 0. The summed E-state index contributed by atoms with van der Waals surface area (Å²) in [4.78, 5) is 10.8. The average Bonchev–Trinajstić information content (AvgIpc) is 2.37. The van der Waals surface area contributed by atoms with Crippen LogP contribution in [0.1, 0.15) is 5.56 Å². The van der Waals surface area contributed by atoms with Crippen molar-refractivity contribution in [1.82, 2.24) is 0 Å². The van der Waals surface area contributed by atoms with E-state index in [0.29, 0.717) is 12.2 Å². The molecule has 2 aromatic rings. The molecule has 0 unspecified atom stereocenters. The van der Waals surface area contributed by atoms with Gasteiger partial charge in [-0.05, 0) is 24.3 Å². The van der Waals surface area contributed by atoms with Crippen LogP contribution in [0.2, 0.25) is 0 Å². The minimum atomic E-state index is -0.599. The number of primary amides is 1. The highest BCUT2D eigenvalue weighted by atomic mass is 16.3. The molecule has 0 radical (unpaired) electrons. The van der Waals surface area contributed by atoms with Gasteiger partial charge in [0.15, 0.2) is 0 Å². The van der Waals surface area contributed by atoms with Crippen molar-refractivity contribution in [1.29, 1.82) is 0 Å². The normalized spacial score (nSPS) is 9.89. The van der Waals surface area contributed by atoms with Crippen LogP contribution >= 0.6 is 0 Å². The lowest BCUT2D eigenvalue weighted by molar-refractivity contribution is 0.259. The van der Waals surface area contributed by atoms with Gasteiger partial charge in [-0.2, -0.15) is 0 Å². The van der Waals surface area contributed by atoms with E-state index in [1.54, 1.807) is 30.3 Å². The number of carbonyl (C=O) groups excluding carboxylic acids is 1. The second-order valence-electron chi connectivity index (χ2n) is 4.05. The topological polar surface area (TPSA) is 87.4 Å². The minimum Gasteiger partial charge on any atom is -0.508 e. The van der Waals surface area contributed by atoms with E-state index in [4.69, 9.17) is 5.73 Å². The van der Waals surface area contributed by atoms with Crippen molar-refractivity contribution < 1.29 is 9.90 Å². The quantitative estimate of drug-likeness (QED) is 0.678. The number of amides is 2. The fourth-order valence-electron chi connectivity index (χ4n) is 1.71. The van der Waals surface area contributed by atoms with Crippen molar-refractivity contribution in [2.75, 3.05) is 10.6 Å². The van der Waals surface area contributed by atoms with Crippen LogP contribution in [0.25, 0.3) is 0 Å². The van der Waals surface area contributed by atoms with Crippen LogP contribution in [0.3, 0.4) is 0 Å². The Kier molecular flexibility index (Phi) is 3.87. The van der Waals surface area contributed by atoms with Gasteiger partial charge in [-0.3, -0.25) is 0 Å². The number of benzene rings is 2. The molecule has 5 nitrogen and oxygen atoms in total. The van der Waals surface area contributed by atoms with Gasteiger partial charge in [-0.15, -0.1) is 0 Å². The molecule has 0 bridgehead atoms. The van der Waals surface area contributed by atoms with Gasteiger partial charge in [0.2, 0.25) is 0 Å². The molecule has 0 atom stereocenters. The molecule has 0 aliphatic heterocycles. The fourth-order valence-corrected chi connectivity index (χ4v) is 1.71. The van der Waals surface area contributed by atoms with E-state index < -0.39 is 6.03 Å². The van der Waals surface area contributed by atoms with Gasteiger partial charge >= 0.3 is 6.03 Å². The Morgan fingerprint density at radius 2 is 1.84 bits per heavy atom. The highest BCUT2D eigenvalue weighted by molar-refractivity contribution is 5.88. The highest BCUT2D eigenvalue weighted by Crippen LogP contribution is 2.19. The van der Waals surface area contributed by atoms with Gasteiger partial charge in [-0.25, -0.2) is 4.79 Å². The molecule has 0 saturated carbocycles. The summed E-state index contributed by atoms with van der Waals surface area (Å²) in [6, 6.07) is 13.7. The lowest BCUT2D eigenvalue weighted by atomic mass is 10.2. The van der Waals surface area contributed by atoms with Crippen molar-refractivity contribution in [3.8, 4) is 5.75 Å². The fraction of sp³-hybridized carbons (Fsp3) is 0.0714. The molecule has 2 aromatic carbocycles. The molecular formula is C14H15N3O2. The van der Waals surface area contributed by atoms with E-state index in [1.165, 1.54) is 0 Å². The first-order chi connectivity index (χ1) is 9.15. The van der Waals surface area contributed by atoms with E-state index in [0.717, 1.165) is 11.3 Å². The first-order valence-electron chi connectivity index (χ1n) is 5.82. The Morgan fingerprint density at radius 3 is 2.58 bits per heavy atom. The third kappa shape index (κ3) is 3.64. The molecule has 0 saturated heterocycles. The average molecular weight is 257 g/mol. The van der Waals surface area contributed by atoms with Crippen LogP contribution in [-0.2, 0) is 6.54 Å². The summed E-state index contributed by atoms with van der Waals surface area (Å²) >= 11 is 0. The largest absolute Gasteiger partial charge is 0.508 e. The van der Waals surface area contributed by atoms with Gasteiger partial charge in [0.25, 0.3) is 0 Å². The summed E-state index contributed by atoms with van der Waals surface area (Å²) < 4.78 is 0. The number of nitrogens with one attached hydrogen (secondary N) is 2. The Morgan fingerprint density at radius 1 is 1.11 bits per heavy atom. The molecule has 0 fully saturated rings. The van der Waals surface area contributed by atoms with Crippen LogP contribution in [0, 0.1) is 0 Å². The lowest BCUT2D eigenvalue weighted by Crippen LogP contribution is -2.19. The second-order valence-corrected chi connectivity index (χ2v) is 4.05. The van der Waals surface area contributed by atoms with E-state index in [2.05, 4.69) is 10.6 Å². The van der Waals surface area contributed by atoms with Gasteiger partial charge in [0.1, 0.15) is 5.75 Å². The van der Waals surface area contributed by atoms with Crippen molar-refractivity contribution in [3.63, 3.8) is 0 Å². The molecule has 0 aliphatic carbocycles. The summed E-state index contributed by atoms with van der Waals surface area (Å²) in [6.45, 7) is 0.493. The summed E-state index contributed by atoms with van der Waals surface area (Å²) in [5.74, 6) is 0.251. The lowest BCUT2D eigenvalue weighted by Gasteiger charge is -2.09. The molecule has 2 amide bonds. The maximum atomic E-state index is 10.8. The Hall–Kier alpha value is -2.69. The van der Waals surface area contributed by atoms with Crippen LogP contribution < -0.4 is 16.4 Å². The summed E-state index contributed by atoms with van der Waals surface area (Å²) in [5, 5.41) is 15.3. The number of hydrogen-bond donors (Lipinski definition) is 4. The van der Waals surface area contributed by atoms with E-state index in [1.807, 2.05) is 18.2 Å². The molecule has 0 spiro atoms. The monoisotopic (exact) mass is 257 g/mol. The highest BCUT2D eigenvalue weighted by Gasteiger charge is 2.01. The van der Waals surface area contributed by atoms with Crippen molar-refractivity contribution in [3.05, 3.63) is 54.1 Å². The second kappa shape index (κ2) is 5.77. The zero-order valence-electron chi connectivity index (χ0n) is 10.3. The maximum Gasteiger partial charge on any atom is 0.316 e. The predicted molar refractivity (Wildman–Crippen MR) is 75.1 cm³/mol. The van der Waals surface area contributed by atoms with Gasteiger partial charge < -0.3 is 21.5 Å². The van der Waals surface area contributed by atoms with Crippen LogP contribution in [-0.4, -0.2) is 11.1 Å². The molecule has 19 heavy (non-hydrogen) atoms. The van der Waals surface area contributed by atoms with Crippen molar-refractivity contribution >= 4 is 17.4 Å². The zero-order chi connectivity index (χ0) is 13.7. The molecule has 5 heteroatoms. The molecule has 0 aliphatic rings. The van der Waals surface area contributed by atoms with Crippen LogP contribution in [0.4, 0.5) is 16.2 Å². The number of urea groups is 1. The van der Waals surface area contributed by atoms with Crippen LogP contribution in [0.5, 0.6) is 5.75 Å². The molecule has 98 valence electrons. The summed E-state index contributed by atoms with van der Waals surface area (Å²) in [5.41, 5.74) is 7.31. The number of hydrogen-bond acceptors (Lipinski definition) is 3. The van der Waals surface area contributed by atoms with E-state index >= 15 is 0 Å². The molecular weight excluding hydrogens is 242 g/mol. The molecule has 2 rings (SSSR count). The number of rotatable bonds is 4. The number of nitrogens with two attached hydrogens (primary N) is 1. The number of aromatic hydroxyl groups is 1. The SMILES string of the molecule is NC(=O)Nc1cccc(NCc2ccccc2O)c1. The van der Waals surface area contributed by atoms with Gasteiger partial charge in [0, 0.05) is 23.5 Å². The number of carbonyl (C=O) groups is 1.